The van der Waals surface area contributed by atoms with Crippen molar-refractivity contribution in [1.29, 1.82) is 0 Å². The zero-order valence-electron chi connectivity index (χ0n) is 8.29. The molecule has 0 saturated heterocycles. The van der Waals surface area contributed by atoms with Gasteiger partial charge in [0.1, 0.15) is 17.1 Å². The number of phenolic OH excluding ortho intramolecular Hbond substituents is 1. The van der Waals surface area contributed by atoms with Gasteiger partial charge in [-0.15, -0.1) is 0 Å². The van der Waals surface area contributed by atoms with Gasteiger partial charge in [-0.25, -0.2) is 4.39 Å². The molecule has 0 aromatic heterocycles. The van der Waals surface area contributed by atoms with Crippen molar-refractivity contribution in [2.75, 3.05) is 18.6 Å². The van der Waals surface area contributed by atoms with Gasteiger partial charge in [0, 0.05) is 12.3 Å². The van der Waals surface area contributed by atoms with E-state index in [1.165, 1.54) is 12.1 Å². The fourth-order valence-electron chi connectivity index (χ4n) is 1.09. The van der Waals surface area contributed by atoms with E-state index < -0.39 is 11.7 Å². The number of hydrogen-bond acceptors (Lipinski definition) is 3. The molecule has 0 unspecified atom stereocenters. The lowest BCUT2D eigenvalue weighted by Crippen LogP contribution is -2.26. The van der Waals surface area contributed by atoms with Crippen molar-refractivity contribution in [3.05, 3.63) is 29.6 Å². The highest BCUT2D eigenvalue weighted by atomic mass is 32.2. The maximum absolute atomic E-state index is 13.2. The Bertz CT molecular complexity index is 337. The molecule has 0 radical (unpaired) electrons. The molecule has 0 heterocycles. The lowest BCUT2D eigenvalue weighted by molar-refractivity contribution is 0.0949. The maximum Gasteiger partial charge on any atom is 0.258 e. The summed E-state index contributed by atoms with van der Waals surface area (Å²) in [5.74, 6) is -0.881. The van der Waals surface area contributed by atoms with Crippen LogP contribution in [0.25, 0.3) is 0 Å². The summed E-state index contributed by atoms with van der Waals surface area (Å²) < 4.78 is 13.2. The molecule has 1 amide bonds. The summed E-state index contributed by atoms with van der Waals surface area (Å²) in [6.45, 7) is 0.452. The van der Waals surface area contributed by atoms with Crippen molar-refractivity contribution in [1.82, 2.24) is 5.32 Å². The number of rotatable bonds is 4. The van der Waals surface area contributed by atoms with Crippen LogP contribution in [-0.4, -0.2) is 29.6 Å². The van der Waals surface area contributed by atoms with Crippen LogP contribution in [0.4, 0.5) is 4.39 Å². The van der Waals surface area contributed by atoms with E-state index in [1.807, 2.05) is 6.26 Å². The van der Waals surface area contributed by atoms with E-state index in [-0.39, 0.29) is 11.3 Å². The lowest BCUT2D eigenvalue weighted by Gasteiger charge is -2.06. The molecule has 1 aromatic carbocycles. The van der Waals surface area contributed by atoms with Crippen LogP contribution in [0.3, 0.4) is 0 Å². The Balaban J connectivity index is 2.73. The first-order valence-electron chi connectivity index (χ1n) is 4.41. The molecule has 0 atom stereocenters. The number of carbonyl (C=O) groups is 1. The van der Waals surface area contributed by atoms with Gasteiger partial charge in [-0.3, -0.25) is 4.79 Å². The van der Waals surface area contributed by atoms with Gasteiger partial charge in [-0.05, 0) is 18.4 Å². The summed E-state index contributed by atoms with van der Waals surface area (Å²) in [6.07, 6.45) is 1.91. The number of phenols is 1. The number of halogens is 1. The Hall–Kier alpha value is -1.23. The average molecular weight is 229 g/mol. The Labute approximate surface area is 91.7 Å². The van der Waals surface area contributed by atoms with E-state index in [0.29, 0.717) is 6.54 Å². The van der Waals surface area contributed by atoms with Gasteiger partial charge in [0.15, 0.2) is 0 Å². The standard InChI is InChI=1S/C10H12FNO2S/c1-15-6-5-12-10(14)9-7(11)3-2-4-8(9)13/h2-4,13H,5-6H2,1H3,(H,12,14). The Kier molecular flexibility index (Phi) is 4.42. The van der Waals surface area contributed by atoms with Crippen LogP contribution < -0.4 is 5.32 Å². The fourth-order valence-corrected chi connectivity index (χ4v) is 1.40. The summed E-state index contributed by atoms with van der Waals surface area (Å²) in [7, 11) is 0. The minimum absolute atomic E-state index is 0.293. The number of thioether (sulfide) groups is 1. The third-order valence-corrected chi connectivity index (χ3v) is 2.42. The molecule has 0 aliphatic rings. The van der Waals surface area contributed by atoms with Crippen LogP contribution in [0.5, 0.6) is 5.75 Å². The first kappa shape index (κ1) is 11.8. The second kappa shape index (κ2) is 5.60. The monoisotopic (exact) mass is 229 g/mol. The molecule has 0 aliphatic heterocycles. The van der Waals surface area contributed by atoms with E-state index >= 15 is 0 Å². The van der Waals surface area contributed by atoms with Crippen LogP contribution >= 0.6 is 11.8 Å². The highest BCUT2D eigenvalue weighted by Crippen LogP contribution is 2.19. The van der Waals surface area contributed by atoms with Gasteiger partial charge >= 0.3 is 0 Å². The highest BCUT2D eigenvalue weighted by molar-refractivity contribution is 7.98. The number of benzene rings is 1. The Morgan fingerprint density at radius 1 is 1.60 bits per heavy atom. The molecule has 2 N–H and O–H groups in total. The van der Waals surface area contributed by atoms with Crippen LogP contribution in [0.1, 0.15) is 10.4 Å². The number of nitrogens with one attached hydrogen (secondary N) is 1. The highest BCUT2D eigenvalue weighted by Gasteiger charge is 2.15. The van der Waals surface area contributed by atoms with Crippen molar-refractivity contribution in [3.63, 3.8) is 0 Å². The first-order valence-corrected chi connectivity index (χ1v) is 5.81. The molecule has 0 aliphatic carbocycles. The minimum atomic E-state index is -0.711. The second-order valence-corrected chi connectivity index (χ2v) is 3.87. The molecule has 3 nitrogen and oxygen atoms in total. The van der Waals surface area contributed by atoms with Crippen LogP contribution in [0, 0.1) is 5.82 Å². The molecular formula is C10H12FNO2S. The van der Waals surface area contributed by atoms with Crippen LogP contribution in [0.2, 0.25) is 0 Å². The van der Waals surface area contributed by atoms with Crippen molar-refractivity contribution < 1.29 is 14.3 Å². The smallest absolute Gasteiger partial charge is 0.258 e. The molecule has 1 rings (SSSR count). The van der Waals surface area contributed by atoms with E-state index in [0.717, 1.165) is 11.8 Å². The van der Waals surface area contributed by atoms with Gasteiger partial charge in [-0.1, -0.05) is 6.07 Å². The van der Waals surface area contributed by atoms with E-state index in [9.17, 15) is 14.3 Å². The van der Waals surface area contributed by atoms with Crippen molar-refractivity contribution in [2.45, 2.75) is 0 Å². The topological polar surface area (TPSA) is 49.3 Å². The van der Waals surface area contributed by atoms with E-state index in [1.54, 1.807) is 11.8 Å². The molecule has 1 aromatic rings. The van der Waals surface area contributed by atoms with E-state index in [4.69, 9.17) is 0 Å². The normalized spacial score (nSPS) is 10.0. The largest absolute Gasteiger partial charge is 0.507 e. The summed E-state index contributed by atoms with van der Waals surface area (Å²) in [4.78, 5) is 11.4. The van der Waals surface area contributed by atoms with Gasteiger partial charge in [0.2, 0.25) is 0 Å². The number of hydrogen-bond donors (Lipinski definition) is 2. The summed E-state index contributed by atoms with van der Waals surface area (Å²) in [5, 5.41) is 11.8. The molecule has 0 bridgehead atoms. The molecule has 0 fully saturated rings. The summed E-state index contributed by atoms with van der Waals surface area (Å²) >= 11 is 1.58. The number of amides is 1. The molecule has 82 valence electrons. The zero-order valence-corrected chi connectivity index (χ0v) is 9.10. The van der Waals surface area contributed by atoms with Crippen LogP contribution in [-0.2, 0) is 0 Å². The molecule has 5 heteroatoms. The first-order chi connectivity index (χ1) is 7.16. The summed E-state index contributed by atoms with van der Waals surface area (Å²) in [6, 6.07) is 3.78. The van der Waals surface area contributed by atoms with Crippen molar-refractivity contribution >= 4 is 17.7 Å². The predicted octanol–water partition coefficient (Wildman–Crippen LogP) is 1.62. The zero-order chi connectivity index (χ0) is 11.3. The lowest BCUT2D eigenvalue weighted by atomic mass is 10.2. The fraction of sp³-hybridized carbons (Fsp3) is 0.300. The van der Waals surface area contributed by atoms with Gasteiger partial charge in [0.05, 0.1) is 0 Å². The molecule has 0 spiro atoms. The minimum Gasteiger partial charge on any atom is -0.507 e. The van der Waals surface area contributed by atoms with Crippen molar-refractivity contribution in [2.24, 2.45) is 0 Å². The van der Waals surface area contributed by atoms with Gasteiger partial charge < -0.3 is 10.4 Å². The van der Waals surface area contributed by atoms with Crippen molar-refractivity contribution in [3.8, 4) is 5.75 Å². The predicted molar refractivity (Wildman–Crippen MR) is 58.8 cm³/mol. The second-order valence-electron chi connectivity index (χ2n) is 2.88. The number of carbonyl (C=O) groups excluding carboxylic acids is 1. The molecular weight excluding hydrogens is 217 g/mol. The third-order valence-electron chi connectivity index (χ3n) is 1.81. The molecule has 15 heavy (non-hydrogen) atoms. The van der Waals surface area contributed by atoms with Gasteiger partial charge in [0.25, 0.3) is 5.91 Å². The van der Waals surface area contributed by atoms with E-state index in [2.05, 4.69) is 5.32 Å². The maximum atomic E-state index is 13.2. The average Bonchev–Trinajstić information content (AvgIpc) is 2.18. The number of aromatic hydroxyl groups is 1. The molecule has 0 saturated carbocycles. The van der Waals surface area contributed by atoms with Crippen LogP contribution in [0.15, 0.2) is 18.2 Å². The SMILES string of the molecule is CSCCNC(=O)c1c(O)cccc1F. The Morgan fingerprint density at radius 3 is 2.93 bits per heavy atom. The van der Waals surface area contributed by atoms with Gasteiger partial charge in [-0.2, -0.15) is 11.8 Å². The third kappa shape index (κ3) is 3.13. The quantitative estimate of drug-likeness (QED) is 0.771. The Morgan fingerprint density at radius 2 is 2.33 bits per heavy atom. The summed E-state index contributed by atoms with van der Waals surface area (Å²) in [5.41, 5.74) is -0.293.